The third-order valence-corrected chi connectivity index (χ3v) is 10.2. The highest BCUT2D eigenvalue weighted by Crippen LogP contribution is 2.39. The molecule has 8 atom stereocenters. The second-order valence-corrected chi connectivity index (χ2v) is 14.2. The zero-order valence-electron chi connectivity index (χ0n) is 29.5. The highest BCUT2D eigenvalue weighted by atomic mass is 16.6. The summed E-state index contributed by atoms with van der Waals surface area (Å²) in [6.45, 7) is 11.8. The van der Waals surface area contributed by atoms with Gasteiger partial charge in [0.15, 0.2) is 0 Å². The monoisotopic (exact) mass is 687 g/mol. The first kappa shape index (κ1) is 39.7. The van der Waals surface area contributed by atoms with Crippen LogP contribution in [0.1, 0.15) is 78.7 Å². The van der Waals surface area contributed by atoms with Gasteiger partial charge in [-0.25, -0.2) is 9.59 Å². The summed E-state index contributed by atoms with van der Waals surface area (Å²) >= 11 is 0. The van der Waals surface area contributed by atoms with Crippen molar-refractivity contribution in [3.05, 3.63) is 48.1 Å². The van der Waals surface area contributed by atoms with Crippen LogP contribution in [0.3, 0.4) is 0 Å². The standard InChI is InChI=1S/C37H53NO11/c1-22(2)33(42)49-31-16-11-25(18-29(31)40)20-46-34(43)23(3)36(4,5)37(6,38)35(44)47-21-26-10-15-30(28(39)19-26)48-32(41)17-12-24-8-13-27(45-7)14-9-24/h8-9,12-14,17,23,25-26,28-31,39-40H,1,10-11,15-16,18-21,38H2,2-7H3/b17-12+/t23?,25?,26?,28?,29?,30?,31?,37-/m1/s1. The minimum absolute atomic E-state index is 0.0162. The Balaban J connectivity index is 1.43. The fraction of sp³-hybridized carbons (Fsp3) is 0.622. The molecule has 0 aromatic heterocycles. The van der Waals surface area contributed by atoms with E-state index in [1.54, 1.807) is 65.1 Å². The van der Waals surface area contributed by atoms with Crippen LogP contribution < -0.4 is 10.5 Å². The molecule has 0 spiro atoms. The maximum atomic E-state index is 13.3. The Hall–Kier alpha value is -3.74. The van der Waals surface area contributed by atoms with E-state index in [0.29, 0.717) is 37.9 Å². The van der Waals surface area contributed by atoms with Gasteiger partial charge in [-0.2, -0.15) is 0 Å². The van der Waals surface area contributed by atoms with Crippen molar-refractivity contribution in [1.82, 2.24) is 0 Å². The largest absolute Gasteiger partial charge is 0.497 e. The van der Waals surface area contributed by atoms with Crippen molar-refractivity contribution in [2.75, 3.05) is 20.3 Å². The van der Waals surface area contributed by atoms with E-state index in [0.717, 1.165) is 5.56 Å². The summed E-state index contributed by atoms with van der Waals surface area (Å²) in [4.78, 5) is 50.6. The van der Waals surface area contributed by atoms with Crippen molar-refractivity contribution in [1.29, 1.82) is 0 Å². The Morgan fingerprint density at radius 3 is 1.96 bits per heavy atom. The Bertz CT molecular complexity index is 1350. The van der Waals surface area contributed by atoms with Gasteiger partial charge in [-0.15, -0.1) is 0 Å². The molecule has 3 rings (SSSR count). The van der Waals surface area contributed by atoms with Crippen molar-refractivity contribution in [2.45, 2.75) is 103 Å². The molecule has 12 nitrogen and oxygen atoms in total. The van der Waals surface area contributed by atoms with E-state index in [4.69, 9.17) is 29.4 Å². The molecule has 7 unspecified atom stereocenters. The minimum atomic E-state index is -1.56. The first-order chi connectivity index (χ1) is 23.0. The van der Waals surface area contributed by atoms with E-state index in [2.05, 4.69) is 6.58 Å². The molecule has 2 aliphatic rings. The Morgan fingerprint density at radius 1 is 0.918 bits per heavy atom. The summed E-state index contributed by atoms with van der Waals surface area (Å²) in [5, 5.41) is 21.1. The number of aliphatic hydroxyl groups is 2. The molecule has 1 aromatic carbocycles. The number of carbonyl (C=O) groups excluding carboxylic acids is 4. The second kappa shape index (κ2) is 17.3. The van der Waals surface area contributed by atoms with Gasteiger partial charge >= 0.3 is 23.9 Å². The molecule has 0 radical (unpaired) electrons. The number of ether oxygens (including phenoxy) is 5. The second-order valence-electron chi connectivity index (χ2n) is 14.2. The summed E-state index contributed by atoms with van der Waals surface area (Å²) in [6.07, 6.45) is 2.39. The summed E-state index contributed by atoms with van der Waals surface area (Å²) < 4.78 is 27.1. The zero-order valence-corrected chi connectivity index (χ0v) is 29.5. The molecular formula is C37H53NO11. The molecule has 4 N–H and O–H groups in total. The van der Waals surface area contributed by atoms with Crippen LogP contribution in [0.15, 0.2) is 42.5 Å². The van der Waals surface area contributed by atoms with Crippen LogP contribution in [0.4, 0.5) is 0 Å². The molecule has 12 heteroatoms. The van der Waals surface area contributed by atoms with E-state index in [1.807, 2.05) is 0 Å². The van der Waals surface area contributed by atoms with Gasteiger partial charge in [0.25, 0.3) is 0 Å². The average molecular weight is 688 g/mol. The summed E-state index contributed by atoms with van der Waals surface area (Å²) in [5.41, 5.74) is 4.95. The molecule has 0 aliphatic heterocycles. The lowest BCUT2D eigenvalue weighted by Gasteiger charge is -2.42. The van der Waals surface area contributed by atoms with Crippen molar-refractivity contribution in [3.8, 4) is 5.75 Å². The lowest BCUT2D eigenvalue weighted by Crippen LogP contribution is -2.61. The van der Waals surface area contributed by atoms with Crippen LogP contribution in [0.5, 0.6) is 5.75 Å². The number of methoxy groups -OCH3 is 1. The molecule has 0 bridgehead atoms. The number of nitrogens with two attached hydrogens (primary N) is 1. The highest BCUT2D eigenvalue weighted by molar-refractivity contribution is 5.87. The van der Waals surface area contributed by atoms with E-state index in [9.17, 15) is 29.4 Å². The molecule has 49 heavy (non-hydrogen) atoms. The zero-order chi connectivity index (χ0) is 36.5. The normalized spacial score (nSPS) is 26.1. The minimum Gasteiger partial charge on any atom is -0.497 e. The summed E-state index contributed by atoms with van der Waals surface area (Å²) in [7, 11) is 1.57. The van der Waals surface area contributed by atoms with Gasteiger partial charge in [-0.1, -0.05) is 39.5 Å². The topological polar surface area (TPSA) is 181 Å². The van der Waals surface area contributed by atoms with Crippen molar-refractivity contribution >= 4 is 30.0 Å². The molecule has 0 saturated heterocycles. The smallest absolute Gasteiger partial charge is 0.333 e. The lowest BCUT2D eigenvalue weighted by atomic mass is 9.66. The fourth-order valence-electron chi connectivity index (χ4n) is 5.97. The van der Waals surface area contributed by atoms with Gasteiger partial charge in [-0.3, -0.25) is 9.59 Å². The number of hydrogen-bond acceptors (Lipinski definition) is 12. The third-order valence-electron chi connectivity index (χ3n) is 10.2. The van der Waals surface area contributed by atoms with Gasteiger partial charge in [0, 0.05) is 17.1 Å². The number of rotatable bonds is 14. The van der Waals surface area contributed by atoms with Gasteiger partial charge in [0.2, 0.25) is 0 Å². The van der Waals surface area contributed by atoms with Crippen LogP contribution in [-0.2, 0) is 38.1 Å². The first-order valence-electron chi connectivity index (χ1n) is 16.8. The molecular weight excluding hydrogens is 634 g/mol. The van der Waals surface area contributed by atoms with Crippen molar-refractivity contribution in [2.24, 2.45) is 28.9 Å². The Kier molecular flexibility index (Phi) is 14.0. The summed E-state index contributed by atoms with van der Waals surface area (Å²) in [6, 6.07) is 7.17. The number of esters is 4. The number of hydrogen-bond donors (Lipinski definition) is 3. The molecule has 272 valence electrons. The van der Waals surface area contributed by atoms with E-state index in [-0.39, 0.29) is 37.0 Å². The first-order valence-corrected chi connectivity index (χ1v) is 16.8. The quantitative estimate of drug-likeness (QED) is 0.146. The fourth-order valence-corrected chi connectivity index (χ4v) is 5.97. The third kappa shape index (κ3) is 10.6. The summed E-state index contributed by atoms with van der Waals surface area (Å²) in [5.74, 6) is -2.69. The Morgan fingerprint density at radius 2 is 1.45 bits per heavy atom. The van der Waals surface area contributed by atoms with Gasteiger partial charge < -0.3 is 39.6 Å². The molecule has 2 aliphatic carbocycles. The molecule has 0 heterocycles. The van der Waals surface area contributed by atoms with Crippen LogP contribution in [0.2, 0.25) is 0 Å². The van der Waals surface area contributed by atoms with Crippen LogP contribution in [0, 0.1) is 23.2 Å². The molecule has 0 amide bonds. The SMILES string of the molecule is C=C(C)C(=O)OC1CCC(COC(=O)C(C)C(C)(C)[C@](C)(N)C(=O)OCC2CCC(OC(=O)/C=C/c3ccc(OC)cc3)C(O)C2)CC1O. The van der Waals surface area contributed by atoms with E-state index in [1.165, 1.54) is 13.0 Å². The van der Waals surface area contributed by atoms with Crippen LogP contribution in [-0.4, -0.2) is 84.4 Å². The van der Waals surface area contributed by atoms with Crippen LogP contribution in [0.25, 0.3) is 6.08 Å². The van der Waals surface area contributed by atoms with Gasteiger partial charge in [0.1, 0.15) is 23.5 Å². The van der Waals surface area contributed by atoms with E-state index < -0.39 is 65.2 Å². The Labute approximate surface area is 288 Å². The maximum absolute atomic E-state index is 13.3. The van der Waals surface area contributed by atoms with Crippen molar-refractivity contribution in [3.63, 3.8) is 0 Å². The maximum Gasteiger partial charge on any atom is 0.333 e. The van der Waals surface area contributed by atoms with E-state index >= 15 is 0 Å². The predicted octanol–water partition coefficient (Wildman–Crippen LogP) is 3.90. The van der Waals surface area contributed by atoms with Gasteiger partial charge in [0.05, 0.1) is 38.4 Å². The molecule has 2 fully saturated rings. The lowest BCUT2D eigenvalue weighted by molar-refractivity contribution is -0.165. The predicted molar refractivity (Wildman–Crippen MR) is 181 cm³/mol. The highest BCUT2D eigenvalue weighted by Gasteiger charge is 2.51. The molecule has 1 aromatic rings. The number of aliphatic hydroxyl groups excluding tert-OH is 2. The van der Waals surface area contributed by atoms with Crippen LogP contribution >= 0.6 is 0 Å². The number of benzene rings is 1. The van der Waals surface area contributed by atoms with Crippen molar-refractivity contribution < 1.29 is 53.1 Å². The number of carbonyl (C=O) groups is 4. The average Bonchev–Trinajstić information content (AvgIpc) is 3.06. The molecule has 2 saturated carbocycles. The van der Waals surface area contributed by atoms with Gasteiger partial charge in [-0.05, 0) is 88.0 Å².